The van der Waals surface area contributed by atoms with Gasteiger partial charge in [-0.05, 0) is 74.7 Å². The fraction of sp³-hybridized carbons (Fsp3) is 0.370. The van der Waals surface area contributed by atoms with Crippen LogP contribution in [0.2, 0.25) is 0 Å². The van der Waals surface area contributed by atoms with Crippen molar-refractivity contribution in [1.29, 1.82) is 0 Å². The van der Waals surface area contributed by atoms with Gasteiger partial charge in [0.05, 0.1) is 11.4 Å². The fourth-order valence-corrected chi connectivity index (χ4v) is 5.34. The van der Waals surface area contributed by atoms with Crippen molar-refractivity contribution in [3.05, 3.63) is 60.9 Å². The molecule has 0 radical (unpaired) electrons. The fourth-order valence-electron chi connectivity index (χ4n) is 5.34. The predicted octanol–water partition coefficient (Wildman–Crippen LogP) is 4.11. The summed E-state index contributed by atoms with van der Waals surface area (Å²) in [6.07, 6.45) is 4.95. The van der Waals surface area contributed by atoms with E-state index < -0.39 is 0 Å². The number of likely N-dealkylation sites (tertiary alicyclic amines) is 1. The molecule has 180 valence electrons. The molecule has 0 amide bonds. The smallest absolute Gasteiger partial charge is 0.164 e. The molecule has 1 atom stereocenters. The molecular weight excluding hydrogens is 438 g/mol. The van der Waals surface area contributed by atoms with Gasteiger partial charge in [-0.2, -0.15) is 5.10 Å². The number of nitrogen functional groups attached to an aromatic ring is 1. The largest absolute Gasteiger partial charge is 0.457 e. The Kier molecular flexibility index (Phi) is 6.06. The minimum absolute atomic E-state index is 0.305. The van der Waals surface area contributed by atoms with Gasteiger partial charge in [0, 0.05) is 25.2 Å². The molecule has 1 unspecified atom stereocenters. The van der Waals surface area contributed by atoms with E-state index in [1.807, 2.05) is 54.6 Å². The number of para-hydroxylation sites is 1. The molecule has 3 N–H and O–H groups in total. The Balaban J connectivity index is 1.24. The lowest BCUT2D eigenvalue weighted by molar-refractivity contribution is 0.163. The van der Waals surface area contributed by atoms with Crippen LogP contribution in [-0.2, 0) is 0 Å². The van der Waals surface area contributed by atoms with E-state index in [-0.39, 0.29) is 0 Å². The molecule has 0 saturated carbocycles. The van der Waals surface area contributed by atoms with E-state index in [9.17, 15) is 0 Å². The highest BCUT2D eigenvalue weighted by molar-refractivity contribution is 5.98. The van der Waals surface area contributed by atoms with Crippen LogP contribution in [0, 0.1) is 5.92 Å². The van der Waals surface area contributed by atoms with E-state index >= 15 is 0 Å². The van der Waals surface area contributed by atoms with Crippen LogP contribution in [0.15, 0.2) is 60.9 Å². The molecule has 2 aromatic heterocycles. The second-order valence-corrected chi connectivity index (χ2v) is 9.58. The Bertz CT molecular complexity index is 1270. The van der Waals surface area contributed by atoms with E-state index in [0.29, 0.717) is 11.9 Å². The molecule has 4 heterocycles. The van der Waals surface area contributed by atoms with Gasteiger partial charge in [0.1, 0.15) is 29.3 Å². The first-order valence-electron chi connectivity index (χ1n) is 12.5. The van der Waals surface area contributed by atoms with E-state index in [4.69, 9.17) is 15.6 Å². The number of aromatic nitrogens is 4. The molecule has 0 aliphatic carbocycles. The number of ether oxygens (including phenoxy) is 1. The van der Waals surface area contributed by atoms with Crippen molar-refractivity contribution < 1.29 is 4.74 Å². The molecule has 2 fully saturated rings. The maximum atomic E-state index is 6.34. The van der Waals surface area contributed by atoms with E-state index in [1.54, 1.807) is 6.33 Å². The average Bonchev–Trinajstić information content (AvgIpc) is 3.55. The van der Waals surface area contributed by atoms with Gasteiger partial charge in [0.25, 0.3) is 0 Å². The third kappa shape index (κ3) is 4.59. The summed E-state index contributed by atoms with van der Waals surface area (Å²) in [5, 5.41) is 9.35. The number of fused-ring (bicyclic) bond motifs is 1. The number of nitrogens with two attached hydrogens (primary N) is 1. The zero-order chi connectivity index (χ0) is 23.6. The molecule has 6 rings (SSSR count). The molecule has 8 nitrogen and oxygen atoms in total. The first-order valence-corrected chi connectivity index (χ1v) is 12.5. The number of anilines is 1. The number of benzene rings is 2. The lowest BCUT2D eigenvalue weighted by Crippen LogP contribution is -2.38. The second kappa shape index (κ2) is 9.64. The van der Waals surface area contributed by atoms with Gasteiger partial charge in [-0.1, -0.05) is 18.2 Å². The van der Waals surface area contributed by atoms with Gasteiger partial charge in [-0.3, -0.25) is 0 Å². The van der Waals surface area contributed by atoms with Crippen LogP contribution in [0.5, 0.6) is 11.5 Å². The zero-order valence-corrected chi connectivity index (χ0v) is 19.8. The molecule has 35 heavy (non-hydrogen) atoms. The number of hydrogen-bond donors (Lipinski definition) is 2. The lowest BCUT2D eigenvalue weighted by atomic mass is 10.0. The highest BCUT2D eigenvalue weighted by atomic mass is 16.5. The van der Waals surface area contributed by atoms with E-state index in [0.717, 1.165) is 78.7 Å². The van der Waals surface area contributed by atoms with Gasteiger partial charge in [0.2, 0.25) is 0 Å². The average molecular weight is 470 g/mol. The lowest BCUT2D eigenvalue weighted by Gasteiger charge is -2.33. The van der Waals surface area contributed by atoms with Gasteiger partial charge in [0.15, 0.2) is 5.65 Å². The number of nitrogens with zero attached hydrogens (tertiary/aromatic N) is 5. The Morgan fingerprint density at radius 2 is 1.71 bits per heavy atom. The third-order valence-corrected chi connectivity index (χ3v) is 7.21. The van der Waals surface area contributed by atoms with Gasteiger partial charge < -0.3 is 20.7 Å². The Hall–Kier alpha value is -3.49. The van der Waals surface area contributed by atoms with Crippen LogP contribution >= 0.6 is 0 Å². The topological polar surface area (TPSA) is 94.1 Å². The molecule has 8 heteroatoms. The number of hydrogen-bond acceptors (Lipinski definition) is 7. The van der Waals surface area contributed by atoms with Crippen molar-refractivity contribution in [3.8, 4) is 22.8 Å². The second-order valence-electron chi connectivity index (χ2n) is 9.58. The molecule has 2 aliphatic rings. The Labute approximate surface area is 205 Å². The van der Waals surface area contributed by atoms with Crippen molar-refractivity contribution in [2.24, 2.45) is 5.92 Å². The van der Waals surface area contributed by atoms with E-state index in [1.165, 1.54) is 13.0 Å². The van der Waals surface area contributed by atoms with Crippen LogP contribution in [0.1, 0.15) is 25.3 Å². The summed E-state index contributed by atoms with van der Waals surface area (Å²) in [5.41, 5.74) is 8.95. The number of nitrogens with one attached hydrogen (secondary N) is 1. The van der Waals surface area contributed by atoms with Gasteiger partial charge >= 0.3 is 0 Å². The van der Waals surface area contributed by atoms with Crippen molar-refractivity contribution in [1.82, 2.24) is 30.0 Å². The summed E-state index contributed by atoms with van der Waals surface area (Å²) < 4.78 is 8.04. The quantitative estimate of drug-likeness (QED) is 0.439. The van der Waals surface area contributed by atoms with Crippen LogP contribution in [0.3, 0.4) is 0 Å². The van der Waals surface area contributed by atoms with Crippen LogP contribution in [-0.4, -0.2) is 57.4 Å². The summed E-state index contributed by atoms with van der Waals surface area (Å²) in [5.74, 6) is 2.83. The van der Waals surface area contributed by atoms with E-state index in [2.05, 4.69) is 24.9 Å². The monoisotopic (exact) mass is 469 g/mol. The molecule has 0 bridgehead atoms. The SMILES string of the molecule is Nc1ncnc2c1c(-c1ccc(Oc3ccccc3)cc1)nn2C1CCN(CC2CCNC2)CC1. The predicted molar refractivity (Wildman–Crippen MR) is 137 cm³/mol. The number of rotatable bonds is 6. The maximum Gasteiger partial charge on any atom is 0.164 e. The van der Waals surface area contributed by atoms with Crippen LogP contribution in [0.25, 0.3) is 22.3 Å². The van der Waals surface area contributed by atoms with Gasteiger partial charge in [-0.25, -0.2) is 14.6 Å². The summed E-state index contributed by atoms with van der Waals surface area (Å²) in [4.78, 5) is 11.5. The van der Waals surface area contributed by atoms with Crippen molar-refractivity contribution >= 4 is 16.9 Å². The van der Waals surface area contributed by atoms with Crippen molar-refractivity contribution in [2.75, 3.05) is 38.5 Å². The van der Waals surface area contributed by atoms with Crippen LogP contribution < -0.4 is 15.8 Å². The minimum Gasteiger partial charge on any atom is -0.457 e. The zero-order valence-electron chi connectivity index (χ0n) is 19.8. The molecule has 0 spiro atoms. The summed E-state index contributed by atoms with van der Waals surface area (Å²) in [6, 6.07) is 18.1. The first-order chi connectivity index (χ1) is 17.2. The number of piperidine rings is 1. The molecule has 2 aromatic carbocycles. The standard InChI is InChI=1S/C27H31N7O/c28-26-24-25(20-6-8-23(9-7-20)35-22-4-2-1-3-5-22)32-34(27(24)31-18-30-26)21-11-14-33(15-12-21)17-19-10-13-29-16-19/h1-9,18-19,21,29H,10-17H2,(H2,28,30,31). The normalized spacial score (nSPS) is 19.4. The minimum atomic E-state index is 0.305. The Morgan fingerprint density at radius 1 is 0.943 bits per heavy atom. The van der Waals surface area contributed by atoms with Crippen molar-refractivity contribution in [3.63, 3.8) is 0 Å². The summed E-state index contributed by atoms with van der Waals surface area (Å²) in [7, 11) is 0. The first kappa shape index (κ1) is 22.0. The maximum absolute atomic E-state index is 6.34. The molecule has 4 aromatic rings. The highest BCUT2D eigenvalue weighted by Gasteiger charge is 2.27. The van der Waals surface area contributed by atoms with Gasteiger partial charge in [-0.15, -0.1) is 0 Å². The van der Waals surface area contributed by atoms with Crippen molar-refractivity contribution in [2.45, 2.75) is 25.3 Å². The molecular formula is C27H31N7O. The molecule has 2 aliphatic heterocycles. The summed E-state index contributed by atoms with van der Waals surface area (Å²) in [6.45, 7) is 5.67. The van der Waals surface area contributed by atoms with Crippen LogP contribution in [0.4, 0.5) is 5.82 Å². The summed E-state index contributed by atoms with van der Waals surface area (Å²) >= 11 is 0. The molecule has 2 saturated heterocycles. The Morgan fingerprint density at radius 3 is 2.46 bits per heavy atom. The third-order valence-electron chi connectivity index (χ3n) is 7.21. The highest BCUT2D eigenvalue weighted by Crippen LogP contribution is 2.35.